The predicted octanol–water partition coefficient (Wildman–Crippen LogP) is 3.81. The number of hydrogen-bond donors (Lipinski definition) is 4. The minimum atomic E-state index is -3.69. The molecule has 0 spiro atoms. The fourth-order valence-electron chi connectivity index (χ4n) is 4.04. The number of aryl methyl sites for hydroxylation is 1. The fourth-order valence-corrected chi connectivity index (χ4v) is 7.11. The van der Waals surface area contributed by atoms with E-state index >= 15 is 0 Å². The Hall–Kier alpha value is -2.41. The molecule has 0 unspecified atom stereocenters. The number of hydrogen-bond acceptors (Lipinski definition) is 7. The largest absolute Gasteiger partial charge is 0.353 e. The van der Waals surface area contributed by atoms with Crippen LogP contribution >= 0.6 is 34.7 Å². The first-order valence-corrected chi connectivity index (χ1v) is 15.7. The van der Waals surface area contributed by atoms with Crippen molar-refractivity contribution in [2.24, 2.45) is 0 Å². The Labute approximate surface area is 236 Å². The Kier molecular flexibility index (Phi) is 9.50. The van der Waals surface area contributed by atoms with Gasteiger partial charge in [0.1, 0.15) is 5.54 Å². The zero-order valence-corrected chi connectivity index (χ0v) is 24.0. The number of carbonyl (C=O) groups is 2. The molecule has 0 aliphatic carbocycles. The van der Waals surface area contributed by atoms with Crippen LogP contribution in [0.15, 0.2) is 74.0 Å². The lowest BCUT2D eigenvalue weighted by molar-refractivity contribution is -0.128. The topological polar surface area (TPSA) is 116 Å². The molecule has 1 saturated heterocycles. The van der Waals surface area contributed by atoms with Crippen LogP contribution in [0.3, 0.4) is 0 Å². The average molecular weight is 593 g/mol. The molecule has 2 aromatic carbocycles. The molecule has 2 heterocycles. The van der Waals surface area contributed by atoms with E-state index in [1.165, 1.54) is 23.1 Å². The number of carbonyl (C=O) groups excluding carboxylic acids is 2. The smallest absolute Gasteiger partial charge is 0.254 e. The molecule has 2 amide bonds. The summed E-state index contributed by atoms with van der Waals surface area (Å²) in [6, 6.07) is 13.9. The first-order chi connectivity index (χ1) is 18.2. The van der Waals surface area contributed by atoms with Crippen LogP contribution in [0.5, 0.6) is 0 Å². The molecule has 0 saturated carbocycles. The highest BCUT2D eigenvalue weighted by atomic mass is 35.5. The molecule has 0 radical (unpaired) electrons. The third kappa shape index (κ3) is 7.16. The third-order valence-corrected chi connectivity index (χ3v) is 9.88. The molecule has 1 aromatic heterocycles. The van der Waals surface area contributed by atoms with Crippen LogP contribution in [0.1, 0.15) is 28.8 Å². The number of thiophene rings is 1. The van der Waals surface area contributed by atoms with Gasteiger partial charge in [-0.3, -0.25) is 9.59 Å². The SMILES string of the molecule is Cc1ccc(S(=O)(=O)NCCNC(=O)C2(NC(=O)c3cscc3Sc3ccc(Cl)cc3)CCNCC2)cc1. The molecule has 0 atom stereocenters. The van der Waals surface area contributed by atoms with Crippen LogP contribution in [0.2, 0.25) is 5.02 Å². The summed E-state index contributed by atoms with van der Waals surface area (Å²) < 4.78 is 27.5. The molecule has 0 bridgehead atoms. The normalized spacial score (nSPS) is 15.1. The minimum Gasteiger partial charge on any atom is -0.353 e. The van der Waals surface area contributed by atoms with Crippen molar-refractivity contribution in [2.45, 2.75) is 40.0 Å². The summed E-state index contributed by atoms with van der Waals surface area (Å²) in [5.41, 5.74) is 0.373. The Balaban J connectivity index is 1.38. The number of piperidine rings is 1. The Morgan fingerprint density at radius 3 is 2.39 bits per heavy atom. The van der Waals surface area contributed by atoms with Gasteiger partial charge < -0.3 is 16.0 Å². The van der Waals surface area contributed by atoms with E-state index < -0.39 is 15.6 Å². The van der Waals surface area contributed by atoms with Gasteiger partial charge in [-0.15, -0.1) is 0 Å². The van der Waals surface area contributed by atoms with Gasteiger partial charge in [0, 0.05) is 38.7 Å². The molecular weight excluding hydrogens is 564 g/mol. The second-order valence-electron chi connectivity index (χ2n) is 8.96. The summed E-state index contributed by atoms with van der Waals surface area (Å²) in [4.78, 5) is 28.6. The molecular formula is C26H29ClN4O4S3. The van der Waals surface area contributed by atoms with Crippen molar-refractivity contribution >= 4 is 56.5 Å². The van der Waals surface area contributed by atoms with Crippen molar-refractivity contribution in [2.75, 3.05) is 26.2 Å². The molecule has 3 aromatic rings. The summed E-state index contributed by atoms with van der Waals surface area (Å²) in [5, 5.41) is 13.4. The van der Waals surface area contributed by atoms with E-state index in [0.717, 1.165) is 15.4 Å². The highest BCUT2D eigenvalue weighted by Gasteiger charge is 2.41. The van der Waals surface area contributed by atoms with Gasteiger partial charge >= 0.3 is 0 Å². The highest BCUT2D eigenvalue weighted by Crippen LogP contribution is 2.34. The summed E-state index contributed by atoms with van der Waals surface area (Å²) in [6.45, 7) is 3.14. The van der Waals surface area contributed by atoms with E-state index in [-0.39, 0.29) is 29.8 Å². The molecule has 1 aliphatic heterocycles. The van der Waals surface area contributed by atoms with Gasteiger partial charge in [0.2, 0.25) is 15.9 Å². The molecule has 12 heteroatoms. The first kappa shape index (κ1) is 28.6. The maximum absolute atomic E-state index is 13.4. The quantitative estimate of drug-likeness (QED) is 0.266. The summed E-state index contributed by atoms with van der Waals surface area (Å²) >= 11 is 8.86. The monoisotopic (exact) mass is 592 g/mol. The lowest BCUT2D eigenvalue weighted by atomic mass is 9.87. The molecule has 38 heavy (non-hydrogen) atoms. The van der Waals surface area contributed by atoms with Crippen molar-refractivity contribution < 1.29 is 18.0 Å². The van der Waals surface area contributed by atoms with Gasteiger partial charge in [-0.25, -0.2) is 13.1 Å². The van der Waals surface area contributed by atoms with Crippen molar-refractivity contribution in [3.8, 4) is 0 Å². The maximum atomic E-state index is 13.4. The second-order valence-corrected chi connectivity index (χ2v) is 13.0. The molecule has 4 rings (SSSR count). The standard InChI is InChI=1S/C26H29ClN4O4S3/c1-18-2-8-21(9-3-18)38(34,35)30-15-14-29-25(33)26(10-12-28-13-11-26)31-24(32)22-16-36-17-23(22)37-20-6-4-19(27)5-7-20/h2-9,16-17,28,30H,10-15H2,1H3,(H,29,33)(H,31,32). The molecule has 1 fully saturated rings. The summed E-state index contributed by atoms with van der Waals surface area (Å²) in [7, 11) is -3.69. The van der Waals surface area contributed by atoms with Gasteiger partial charge in [0.15, 0.2) is 0 Å². The Morgan fingerprint density at radius 2 is 1.71 bits per heavy atom. The number of amides is 2. The molecule has 8 nitrogen and oxygen atoms in total. The van der Waals surface area contributed by atoms with Gasteiger partial charge in [0.05, 0.1) is 10.5 Å². The molecule has 1 aliphatic rings. The van der Waals surface area contributed by atoms with Crippen molar-refractivity contribution in [1.29, 1.82) is 0 Å². The first-order valence-electron chi connectivity index (χ1n) is 12.1. The lowest BCUT2D eigenvalue weighted by Crippen LogP contribution is -2.63. The zero-order valence-electron chi connectivity index (χ0n) is 20.8. The van der Waals surface area contributed by atoms with Crippen LogP contribution < -0.4 is 20.7 Å². The number of sulfonamides is 1. The summed E-state index contributed by atoms with van der Waals surface area (Å²) in [5.74, 6) is -0.649. The maximum Gasteiger partial charge on any atom is 0.254 e. The van der Waals surface area contributed by atoms with Gasteiger partial charge in [-0.2, -0.15) is 11.3 Å². The number of nitrogens with one attached hydrogen (secondary N) is 4. The van der Waals surface area contributed by atoms with E-state index in [2.05, 4.69) is 20.7 Å². The number of halogens is 1. The van der Waals surface area contributed by atoms with Crippen LogP contribution in [0.4, 0.5) is 0 Å². The van der Waals surface area contributed by atoms with Gasteiger partial charge in [-0.1, -0.05) is 41.1 Å². The van der Waals surface area contributed by atoms with E-state index in [4.69, 9.17) is 11.6 Å². The van der Waals surface area contributed by atoms with Gasteiger partial charge in [-0.05, 0) is 69.3 Å². The van der Waals surface area contributed by atoms with E-state index in [0.29, 0.717) is 36.5 Å². The van der Waals surface area contributed by atoms with E-state index in [1.807, 2.05) is 24.4 Å². The fraction of sp³-hybridized carbons (Fsp3) is 0.308. The molecule has 202 valence electrons. The average Bonchev–Trinajstić information content (AvgIpc) is 3.37. The zero-order chi connectivity index (χ0) is 27.2. The second kappa shape index (κ2) is 12.6. The van der Waals surface area contributed by atoms with Crippen LogP contribution in [-0.4, -0.2) is 52.0 Å². The van der Waals surface area contributed by atoms with Crippen molar-refractivity contribution in [3.05, 3.63) is 75.4 Å². The van der Waals surface area contributed by atoms with E-state index in [1.54, 1.807) is 41.8 Å². The highest BCUT2D eigenvalue weighted by molar-refractivity contribution is 7.99. The number of benzene rings is 2. The van der Waals surface area contributed by atoms with Crippen LogP contribution in [-0.2, 0) is 14.8 Å². The molecule has 4 N–H and O–H groups in total. The minimum absolute atomic E-state index is 0.0244. The number of rotatable bonds is 10. The van der Waals surface area contributed by atoms with Crippen LogP contribution in [0, 0.1) is 6.92 Å². The third-order valence-electron chi connectivity index (χ3n) is 6.19. The van der Waals surface area contributed by atoms with Gasteiger partial charge in [0.25, 0.3) is 5.91 Å². The van der Waals surface area contributed by atoms with Crippen LogP contribution in [0.25, 0.3) is 0 Å². The Morgan fingerprint density at radius 1 is 1.03 bits per heavy atom. The van der Waals surface area contributed by atoms with Crippen molar-refractivity contribution in [1.82, 2.24) is 20.7 Å². The lowest BCUT2D eigenvalue weighted by Gasteiger charge is -2.37. The summed E-state index contributed by atoms with van der Waals surface area (Å²) in [6.07, 6.45) is 0.840. The van der Waals surface area contributed by atoms with Crippen molar-refractivity contribution in [3.63, 3.8) is 0 Å². The predicted molar refractivity (Wildman–Crippen MR) is 152 cm³/mol. The Bertz CT molecular complexity index is 1370. The van der Waals surface area contributed by atoms with E-state index in [9.17, 15) is 18.0 Å².